The molecule has 0 spiro atoms. The zero-order valence-corrected chi connectivity index (χ0v) is 5.31. The predicted molar refractivity (Wildman–Crippen MR) is 32.1 cm³/mol. The van der Waals surface area contributed by atoms with E-state index in [0.29, 0.717) is 0 Å². The molecular weight excluding hydrogens is 138 g/mol. The second-order valence-corrected chi connectivity index (χ2v) is 1.41. The Labute approximate surface area is 56.6 Å². The molecule has 56 valence electrons. The molecule has 0 aliphatic carbocycles. The fourth-order valence-electron chi connectivity index (χ4n) is 0.344. The third-order valence-electron chi connectivity index (χ3n) is 0.635. The van der Waals surface area contributed by atoms with Crippen LogP contribution in [0.2, 0.25) is 0 Å². The molecule has 0 unspecified atom stereocenters. The first kappa shape index (κ1) is 8.41. The Hall–Kier alpha value is -1.59. The largest absolute Gasteiger partial charge is 0.349 e. The smallest absolute Gasteiger partial charge is 0.291 e. The van der Waals surface area contributed by atoms with Crippen LogP contribution < -0.4 is 0 Å². The van der Waals surface area contributed by atoms with Gasteiger partial charge in [0, 0.05) is 12.4 Å². The van der Waals surface area contributed by atoms with Gasteiger partial charge in [0.25, 0.3) is 5.09 Å². The number of H-pyrrole nitrogens is 1. The van der Waals surface area contributed by atoms with Crippen LogP contribution in [-0.2, 0) is 0 Å². The van der Waals surface area contributed by atoms with Crippen molar-refractivity contribution in [3.63, 3.8) is 0 Å². The Morgan fingerprint density at radius 3 is 2.50 bits per heavy atom. The number of aromatic nitrogens is 2. The average molecular weight is 145 g/mol. The van der Waals surface area contributed by atoms with Gasteiger partial charge >= 0.3 is 0 Å². The topological polar surface area (TPSA) is 92.0 Å². The second-order valence-electron chi connectivity index (χ2n) is 1.41. The van der Waals surface area contributed by atoms with Crippen molar-refractivity contribution >= 4 is 0 Å². The summed E-state index contributed by atoms with van der Waals surface area (Å²) in [5.41, 5.74) is 0. The van der Waals surface area contributed by atoms with E-state index in [1.165, 1.54) is 0 Å². The van der Waals surface area contributed by atoms with E-state index in [1.807, 2.05) is 6.92 Å². The van der Waals surface area contributed by atoms with Crippen LogP contribution in [0.25, 0.3) is 0 Å². The van der Waals surface area contributed by atoms with Gasteiger partial charge in [-0.1, -0.05) is 0 Å². The van der Waals surface area contributed by atoms with E-state index in [9.17, 15) is 0 Å². The monoisotopic (exact) mass is 145 g/mol. The Kier molecular flexibility index (Phi) is 3.62. The molecule has 0 aliphatic heterocycles. The van der Waals surface area contributed by atoms with E-state index in [2.05, 4.69) is 9.97 Å². The first-order chi connectivity index (χ1) is 4.63. The molecule has 0 amide bonds. The van der Waals surface area contributed by atoms with Gasteiger partial charge in [0.1, 0.15) is 5.82 Å². The molecule has 0 atom stereocenters. The molecule has 0 saturated heterocycles. The van der Waals surface area contributed by atoms with Crippen LogP contribution in [0.4, 0.5) is 0 Å². The van der Waals surface area contributed by atoms with Gasteiger partial charge in [0.15, 0.2) is 0 Å². The lowest BCUT2D eigenvalue weighted by molar-refractivity contribution is -0.742. The van der Waals surface area contributed by atoms with Crippen molar-refractivity contribution in [1.29, 1.82) is 0 Å². The Balaban J connectivity index is 0.000000180. The molecular formula is C4H7N3O3. The highest BCUT2D eigenvalue weighted by Crippen LogP contribution is 1.78. The third-order valence-corrected chi connectivity index (χ3v) is 0.635. The Bertz CT molecular complexity index is 180. The first-order valence-electron chi connectivity index (χ1n) is 2.42. The van der Waals surface area contributed by atoms with Gasteiger partial charge in [0.05, 0.1) is 0 Å². The number of rotatable bonds is 0. The molecule has 1 rings (SSSR count). The van der Waals surface area contributed by atoms with E-state index in [0.717, 1.165) is 5.82 Å². The van der Waals surface area contributed by atoms with Crippen LogP contribution in [-0.4, -0.2) is 20.3 Å². The lowest BCUT2D eigenvalue weighted by Crippen LogP contribution is -1.81. The lowest BCUT2D eigenvalue weighted by Gasteiger charge is -1.68. The van der Waals surface area contributed by atoms with Crippen molar-refractivity contribution in [1.82, 2.24) is 9.97 Å². The summed E-state index contributed by atoms with van der Waals surface area (Å²) in [5.74, 6) is 0.968. The van der Waals surface area contributed by atoms with Crippen molar-refractivity contribution in [2.75, 3.05) is 0 Å². The number of hydrogen-bond donors (Lipinski definition) is 2. The predicted octanol–water partition coefficient (Wildman–Crippen LogP) is 0.370. The molecule has 0 saturated carbocycles. The van der Waals surface area contributed by atoms with E-state index in [-0.39, 0.29) is 0 Å². The van der Waals surface area contributed by atoms with Crippen molar-refractivity contribution in [3.8, 4) is 0 Å². The fraction of sp³-hybridized carbons (Fsp3) is 0.250. The van der Waals surface area contributed by atoms with Gasteiger partial charge in [0.2, 0.25) is 0 Å². The summed E-state index contributed by atoms with van der Waals surface area (Å²) in [5, 5.41) is 13.6. The number of imidazole rings is 1. The van der Waals surface area contributed by atoms with Gasteiger partial charge < -0.3 is 10.2 Å². The lowest BCUT2D eigenvalue weighted by atomic mass is 10.8. The summed E-state index contributed by atoms with van der Waals surface area (Å²) in [7, 11) is 0. The molecule has 6 nitrogen and oxygen atoms in total. The minimum absolute atomic E-state index is 0.968. The molecule has 0 radical (unpaired) electrons. The van der Waals surface area contributed by atoms with Crippen molar-refractivity contribution in [2.24, 2.45) is 0 Å². The second kappa shape index (κ2) is 4.30. The van der Waals surface area contributed by atoms with Crippen LogP contribution in [0.3, 0.4) is 0 Å². The third kappa shape index (κ3) is 6.41. The minimum Gasteiger partial charge on any atom is -0.349 e. The van der Waals surface area contributed by atoms with Crippen LogP contribution in [0.1, 0.15) is 5.82 Å². The molecule has 0 bridgehead atoms. The fourth-order valence-corrected chi connectivity index (χ4v) is 0.344. The highest BCUT2D eigenvalue weighted by molar-refractivity contribution is 4.80. The van der Waals surface area contributed by atoms with Gasteiger partial charge in [-0.05, 0) is 6.92 Å². The summed E-state index contributed by atoms with van der Waals surface area (Å²) in [6.07, 6.45) is 3.53. The molecule has 0 aliphatic rings. The zero-order valence-electron chi connectivity index (χ0n) is 5.31. The molecule has 1 heterocycles. The summed E-state index contributed by atoms with van der Waals surface area (Å²) in [6, 6.07) is 0. The normalized spacial score (nSPS) is 7.70. The standard InChI is InChI=1S/C4H6N2.HNO3/c1-4-5-2-3-6-4;2-1(3)4/h2-3H,1H3,(H,5,6);(H,2,3,4). The summed E-state index contributed by atoms with van der Waals surface area (Å²) < 4.78 is 0. The highest BCUT2D eigenvalue weighted by atomic mass is 16.9. The van der Waals surface area contributed by atoms with Crippen LogP contribution in [0.5, 0.6) is 0 Å². The van der Waals surface area contributed by atoms with Gasteiger partial charge in [-0.15, -0.1) is 10.1 Å². The van der Waals surface area contributed by atoms with E-state index >= 15 is 0 Å². The van der Waals surface area contributed by atoms with Crippen LogP contribution >= 0.6 is 0 Å². The molecule has 1 aromatic rings. The van der Waals surface area contributed by atoms with Crippen molar-refractivity contribution < 1.29 is 10.3 Å². The minimum atomic E-state index is -1.50. The van der Waals surface area contributed by atoms with E-state index in [1.54, 1.807) is 12.4 Å². The van der Waals surface area contributed by atoms with Crippen molar-refractivity contribution in [2.45, 2.75) is 6.92 Å². The number of nitrogens with one attached hydrogen (secondary N) is 1. The number of aryl methyl sites for hydroxylation is 1. The Morgan fingerprint density at radius 1 is 1.90 bits per heavy atom. The molecule has 1 aromatic heterocycles. The molecule has 0 aromatic carbocycles. The number of nitrogens with zero attached hydrogens (tertiary/aromatic N) is 2. The van der Waals surface area contributed by atoms with Crippen molar-refractivity contribution in [3.05, 3.63) is 28.3 Å². The number of aromatic amines is 1. The van der Waals surface area contributed by atoms with Gasteiger partial charge in [-0.25, -0.2) is 4.98 Å². The maximum absolute atomic E-state index is 8.36. The highest BCUT2D eigenvalue weighted by Gasteiger charge is 1.73. The first-order valence-corrected chi connectivity index (χ1v) is 2.42. The SMILES string of the molecule is Cc1ncc[nH]1.O=[N+]([O-])O. The Morgan fingerprint density at radius 2 is 2.40 bits per heavy atom. The van der Waals surface area contributed by atoms with E-state index < -0.39 is 5.09 Å². The van der Waals surface area contributed by atoms with Gasteiger partial charge in [-0.2, -0.15) is 0 Å². The zero-order chi connectivity index (χ0) is 7.98. The summed E-state index contributed by atoms with van der Waals surface area (Å²) >= 11 is 0. The summed E-state index contributed by atoms with van der Waals surface area (Å²) in [4.78, 5) is 15.1. The maximum atomic E-state index is 8.36. The molecule has 10 heavy (non-hydrogen) atoms. The summed E-state index contributed by atoms with van der Waals surface area (Å²) in [6.45, 7) is 1.92. The maximum Gasteiger partial charge on any atom is 0.291 e. The van der Waals surface area contributed by atoms with Crippen LogP contribution in [0.15, 0.2) is 12.4 Å². The average Bonchev–Trinajstić information content (AvgIpc) is 2.15. The van der Waals surface area contributed by atoms with Crippen LogP contribution in [0, 0.1) is 17.0 Å². The molecule has 2 N–H and O–H groups in total. The van der Waals surface area contributed by atoms with Gasteiger partial charge in [-0.3, -0.25) is 0 Å². The number of hydrogen-bond acceptors (Lipinski definition) is 3. The molecule has 6 heteroatoms. The molecule has 0 fully saturated rings. The van der Waals surface area contributed by atoms with E-state index in [4.69, 9.17) is 15.3 Å². The quantitative estimate of drug-likeness (QED) is 0.407.